The van der Waals surface area contributed by atoms with Gasteiger partial charge in [-0.3, -0.25) is 4.90 Å². The van der Waals surface area contributed by atoms with Crippen molar-refractivity contribution >= 4 is 6.09 Å². The first-order valence-corrected chi connectivity index (χ1v) is 10.3. The Bertz CT molecular complexity index is 621. The Morgan fingerprint density at radius 1 is 1.37 bits per heavy atom. The first-order valence-electron chi connectivity index (χ1n) is 10.3. The van der Waals surface area contributed by atoms with Crippen LogP contribution in [0.15, 0.2) is 16.9 Å². The van der Waals surface area contributed by atoms with Crippen molar-refractivity contribution in [3.8, 4) is 0 Å². The van der Waals surface area contributed by atoms with Crippen molar-refractivity contribution in [2.45, 2.75) is 57.7 Å². The lowest BCUT2D eigenvalue weighted by Crippen LogP contribution is -2.55. The topological polar surface area (TPSA) is 62.1 Å². The first-order chi connectivity index (χ1) is 13.1. The molecule has 0 N–H and O–H groups in total. The molecule has 0 aromatic carbocycles. The maximum absolute atomic E-state index is 11.9. The Morgan fingerprint density at radius 3 is 2.81 bits per heavy atom. The first kappa shape index (κ1) is 18.7. The number of hydrogen-bond donors (Lipinski definition) is 0. The van der Waals surface area contributed by atoms with Crippen molar-refractivity contribution in [2.24, 2.45) is 5.41 Å². The summed E-state index contributed by atoms with van der Waals surface area (Å²) in [6.07, 6.45) is 9.24. The number of oxazole rings is 1. The molecule has 150 valence electrons. The molecule has 1 amide bonds. The minimum Gasteiger partial charge on any atom is -0.450 e. The molecule has 2 saturated heterocycles. The second-order valence-corrected chi connectivity index (χ2v) is 8.54. The standard InChI is InChI=1S/C20H32N4O3/c1-3-26-19(25)24-10-6-20(15-24)12-17(13-20)23-8-4-16(5-9-23)22(2)14-18-21-7-11-27-18/h7,11,16-17H,3-6,8-10,12-15H2,1-2H3. The molecule has 2 aliphatic heterocycles. The van der Waals surface area contributed by atoms with E-state index in [0.717, 1.165) is 31.9 Å². The van der Waals surface area contributed by atoms with Crippen LogP contribution in [0.2, 0.25) is 0 Å². The van der Waals surface area contributed by atoms with Crippen LogP contribution in [0.3, 0.4) is 0 Å². The molecule has 1 saturated carbocycles. The number of rotatable bonds is 5. The number of nitrogens with zero attached hydrogens (tertiary/aromatic N) is 4. The lowest BCUT2D eigenvalue weighted by atomic mass is 9.64. The van der Waals surface area contributed by atoms with Gasteiger partial charge in [-0.25, -0.2) is 9.78 Å². The number of likely N-dealkylation sites (tertiary alicyclic amines) is 2. The number of piperidine rings is 1. The van der Waals surface area contributed by atoms with E-state index in [-0.39, 0.29) is 6.09 Å². The predicted octanol–water partition coefficient (Wildman–Crippen LogP) is 2.58. The quantitative estimate of drug-likeness (QED) is 0.787. The van der Waals surface area contributed by atoms with Gasteiger partial charge in [-0.1, -0.05) is 0 Å². The van der Waals surface area contributed by atoms with Gasteiger partial charge in [-0.15, -0.1) is 0 Å². The second kappa shape index (κ2) is 7.80. The molecule has 0 bridgehead atoms. The van der Waals surface area contributed by atoms with E-state index in [0.29, 0.717) is 24.1 Å². The van der Waals surface area contributed by atoms with Gasteiger partial charge in [0.15, 0.2) is 0 Å². The fourth-order valence-electron chi connectivity index (χ4n) is 5.20. The minimum atomic E-state index is -0.132. The normalized spacial score (nSPS) is 29.4. The van der Waals surface area contributed by atoms with Gasteiger partial charge in [0, 0.05) is 25.2 Å². The van der Waals surface area contributed by atoms with Crippen molar-refractivity contribution in [3.63, 3.8) is 0 Å². The molecule has 3 aliphatic rings. The van der Waals surface area contributed by atoms with Crippen LogP contribution in [0.25, 0.3) is 0 Å². The van der Waals surface area contributed by atoms with E-state index >= 15 is 0 Å². The van der Waals surface area contributed by atoms with Crippen LogP contribution in [-0.2, 0) is 11.3 Å². The molecule has 1 aliphatic carbocycles. The Balaban J connectivity index is 1.20. The number of amides is 1. The highest BCUT2D eigenvalue weighted by Gasteiger charge is 2.51. The summed E-state index contributed by atoms with van der Waals surface area (Å²) in [6.45, 7) is 7.20. The molecule has 7 nitrogen and oxygen atoms in total. The fraction of sp³-hybridized carbons (Fsp3) is 0.800. The van der Waals surface area contributed by atoms with E-state index in [2.05, 4.69) is 21.8 Å². The zero-order valence-electron chi connectivity index (χ0n) is 16.6. The summed E-state index contributed by atoms with van der Waals surface area (Å²) in [5, 5.41) is 0. The van der Waals surface area contributed by atoms with Gasteiger partial charge in [-0.05, 0) is 64.6 Å². The summed E-state index contributed by atoms with van der Waals surface area (Å²) < 4.78 is 10.5. The SMILES string of the molecule is CCOC(=O)N1CCC2(CC(N3CCC(N(C)Cc4ncco4)CC3)C2)C1. The zero-order chi connectivity index (χ0) is 18.9. The highest BCUT2D eigenvalue weighted by Crippen LogP contribution is 2.50. The lowest BCUT2D eigenvalue weighted by Gasteiger charge is -2.52. The number of ether oxygens (including phenoxy) is 1. The molecule has 0 atom stereocenters. The van der Waals surface area contributed by atoms with Gasteiger partial charge in [0.1, 0.15) is 6.26 Å². The molecule has 27 heavy (non-hydrogen) atoms. The van der Waals surface area contributed by atoms with Crippen LogP contribution >= 0.6 is 0 Å². The van der Waals surface area contributed by atoms with Crippen LogP contribution in [0, 0.1) is 5.41 Å². The van der Waals surface area contributed by atoms with Gasteiger partial charge in [0.05, 0.1) is 19.3 Å². The van der Waals surface area contributed by atoms with Crippen molar-refractivity contribution in [1.29, 1.82) is 0 Å². The molecule has 3 heterocycles. The third-order valence-electron chi connectivity index (χ3n) is 6.81. The molecular weight excluding hydrogens is 344 g/mol. The van der Waals surface area contributed by atoms with Crippen LogP contribution in [0.5, 0.6) is 0 Å². The summed E-state index contributed by atoms with van der Waals surface area (Å²) in [4.78, 5) is 23.1. The molecule has 1 aromatic heterocycles. The highest BCUT2D eigenvalue weighted by atomic mass is 16.6. The zero-order valence-corrected chi connectivity index (χ0v) is 16.6. The Kier molecular flexibility index (Phi) is 5.41. The van der Waals surface area contributed by atoms with Crippen LogP contribution in [0.4, 0.5) is 4.79 Å². The molecule has 4 rings (SSSR count). The highest BCUT2D eigenvalue weighted by molar-refractivity contribution is 5.68. The van der Waals surface area contributed by atoms with Gasteiger partial charge in [-0.2, -0.15) is 0 Å². The van der Waals surface area contributed by atoms with Crippen LogP contribution < -0.4 is 0 Å². The Morgan fingerprint density at radius 2 is 2.15 bits per heavy atom. The Labute approximate surface area is 161 Å². The second-order valence-electron chi connectivity index (χ2n) is 8.54. The third kappa shape index (κ3) is 3.99. The summed E-state index contributed by atoms with van der Waals surface area (Å²) in [5.74, 6) is 0.799. The molecule has 1 spiro atoms. The molecule has 3 fully saturated rings. The maximum atomic E-state index is 11.9. The largest absolute Gasteiger partial charge is 0.450 e. The van der Waals surface area contributed by atoms with Gasteiger partial charge in [0.2, 0.25) is 5.89 Å². The van der Waals surface area contributed by atoms with E-state index in [1.54, 1.807) is 12.5 Å². The predicted molar refractivity (Wildman–Crippen MR) is 101 cm³/mol. The summed E-state index contributed by atoms with van der Waals surface area (Å²) in [7, 11) is 2.17. The van der Waals surface area contributed by atoms with E-state index in [4.69, 9.17) is 9.15 Å². The van der Waals surface area contributed by atoms with Crippen molar-refractivity contribution in [2.75, 3.05) is 39.8 Å². The van der Waals surface area contributed by atoms with E-state index < -0.39 is 0 Å². The van der Waals surface area contributed by atoms with Crippen molar-refractivity contribution in [3.05, 3.63) is 18.4 Å². The van der Waals surface area contributed by atoms with Crippen molar-refractivity contribution < 1.29 is 13.9 Å². The average molecular weight is 377 g/mol. The molecule has 1 aromatic rings. The lowest BCUT2D eigenvalue weighted by molar-refractivity contribution is -0.0150. The molecule has 7 heteroatoms. The number of carbonyl (C=O) groups is 1. The molecule has 0 unspecified atom stereocenters. The number of aromatic nitrogens is 1. The number of hydrogen-bond acceptors (Lipinski definition) is 6. The molecular formula is C20H32N4O3. The summed E-state index contributed by atoms with van der Waals surface area (Å²) in [5.41, 5.74) is 0.357. The average Bonchev–Trinajstić information content (AvgIpc) is 3.30. The smallest absolute Gasteiger partial charge is 0.409 e. The monoisotopic (exact) mass is 376 g/mol. The van der Waals surface area contributed by atoms with E-state index in [9.17, 15) is 4.79 Å². The van der Waals surface area contributed by atoms with Gasteiger partial charge in [0.25, 0.3) is 0 Å². The van der Waals surface area contributed by atoms with Crippen LogP contribution in [0.1, 0.15) is 44.9 Å². The number of carbonyl (C=O) groups excluding carboxylic acids is 1. The Hall–Kier alpha value is -1.60. The van der Waals surface area contributed by atoms with E-state index in [1.807, 2.05) is 11.8 Å². The minimum absolute atomic E-state index is 0.132. The van der Waals surface area contributed by atoms with Crippen molar-refractivity contribution in [1.82, 2.24) is 19.7 Å². The maximum Gasteiger partial charge on any atom is 0.409 e. The summed E-state index contributed by atoms with van der Waals surface area (Å²) in [6, 6.07) is 1.30. The molecule has 0 radical (unpaired) electrons. The van der Waals surface area contributed by atoms with Crippen LogP contribution in [-0.4, -0.2) is 77.7 Å². The van der Waals surface area contributed by atoms with Gasteiger partial charge < -0.3 is 19.0 Å². The fourth-order valence-corrected chi connectivity index (χ4v) is 5.20. The third-order valence-corrected chi connectivity index (χ3v) is 6.81. The van der Waals surface area contributed by atoms with Gasteiger partial charge >= 0.3 is 6.09 Å². The summed E-state index contributed by atoms with van der Waals surface area (Å²) >= 11 is 0. The van der Waals surface area contributed by atoms with E-state index in [1.165, 1.54) is 38.8 Å².